The third-order valence-corrected chi connectivity index (χ3v) is 5.67. The normalized spacial score (nSPS) is 16.5. The third kappa shape index (κ3) is 4.08. The molecule has 0 radical (unpaired) electrons. The van der Waals surface area contributed by atoms with E-state index in [4.69, 9.17) is 0 Å². The molecule has 0 unspecified atom stereocenters. The van der Waals surface area contributed by atoms with Gasteiger partial charge in [0.15, 0.2) is 0 Å². The van der Waals surface area contributed by atoms with Crippen molar-refractivity contribution in [1.82, 2.24) is 4.90 Å². The summed E-state index contributed by atoms with van der Waals surface area (Å²) in [4.78, 5) is 13.6. The molecule has 126 valence electrons. The average Bonchev–Trinajstić information content (AvgIpc) is 2.59. The second kappa shape index (κ2) is 7.81. The van der Waals surface area contributed by atoms with Gasteiger partial charge in [0.2, 0.25) is 0 Å². The van der Waals surface area contributed by atoms with Crippen LogP contribution in [0.25, 0.3) is 0 Å². The standard InChI is InChI=1S/C19H19Br2NO2/c20-16-5-1-13(2-6-16)18(14-3-7-17(21)8-4-14)22-11-9-15(10-12-22)19(23)24/h1-8,15,18H,9-12H2,(H,23,24). The van der Waals surface area contributed by atoms with Gasteiger partial charge in [0.05, 0.1) is 12.0 Å². The average molecular weight is 453 g/mol. The molecule has 1 N–H and O–H groups in total. The smallest absolute Gasteiger partial charge is 0.306 e. The van der Waals surface area contributed by atoms with Crippen molar-refractivity contribution in [3.8, 4) is 0 Å². The Hall–Kier alpha value is -1.17. The maximum absolute atomic E-state index is 11.2. The van der Waals surface area contributed by atoms with Gasteiger partial charge in [0.25, 0.3) is 0 Å². The Balaban J connectivity index is 1.89. The predicted molar refractivity (Wildman–Crippen MR) is 102 cm³/mol. The molecule has 24 heavy (non-hydrogen) atoms. The van der Waals surface area contributed by atoms with Gasteiger partial charge in [0, 0.05) is 8.95 Å². The first-order valence-electron chi connectivity index (χ1n) is 8.02. The van der Waals surface area contributed by atoms with Crippen molar-refractivity contribution in [2.45, 2.75) is 18.9 Å². The first kappa shape index (κ1) is 17.6. The first-order valence-corrected chi connectivity index (χ1v) is 9.61. The monoisotopic (exact) mass is 451 g/mol. The molecule has 0 atom stereocenters. The molecule has 0 spiro atoms. The molecule has 2 aromatic rings. The summed E-state index contributed by atoms with van der Waals surface area (Å²) in [5.41, 5.74) is 2.46. The summed E-state index contributed by atoms with van der Waals surface area (Å²) in [5, 5.41) is 9.23. The maximum atomic E-state index is 11.2. The second-order valence-electron chi connectivity index (χ2n) is 6.15. The quantitative estimate of drug-likeness (QED) is 0.701. The molecule has 1 aliphatic heterocycles. The Labute approximate surface area is 158 Å². The lowest BCUT2D eigenvalue weighted by Gasteiger charge is -2.37. The SMILES string of the molecule is O=C(O)C1CCN(C(c2ccc(Br)cc2)c2ccc(Br)cc2)CC1. The number of aliphatic carboxylic acids is 1. The number of halogens is 2. The number of carboxylic acids is 1. The van der Waals surface area contributed by atoms with Crippen LogP contribution in [0.5, 0.6) is 0 Å². The number of likely N-dealkylation sites (tertiary alicyclic amines) is 1. The zero-order valence-corrected chi connectivity index (χ0v) is 16.3. The molecule has 0 amide bonds. The summed E-state index contributed by atoms with van der Waals surface area (Å²) in [6.07, 6.45) is 1.41. The molecular formula is C19H19Br2NO2. The highest BCUT2D eigenvalue weighted by atomic mass is 79.9. The number of carbonyl (C=O) groups is 1. The largest absolute Gasteiger partial charge is 0.481 e. The first-order chi connectivity index (χ1) is 11.5. The lowest BCUT2D eigenvalue weighted by atomic mass is 9.91. The minimum atomic E-state index is -0.668. The zero-order chi connectivity index (χ0) is 17.1. The summed E-state index contributed by atoms with van der Waals surface area (Å²) < 4.78 is 2.12. The van der Waals surface area contributed by atoms with Crippen LogP contribution in [0, 0.1) is 5.92 Å². The van der Waals surface area contributed by atoms with Gasteiger partial charge in [0.1, 0.15) is 0 Å². The summed E-state index contributed by atoms with van der Waals surface area (Å²) in [7, 11) is 0. The number of piperidine rings is 1. The molecule has 1 aliphatic rings. The molecular weight excluding hydrogens is 434 g/mol. The van der Waals surface area contributed by atoms with Crippen molar-refractivity contribution in [3.05, 3.63) is 68.6 Å². The Kier molecular flexibility index (Phi) is 5.74. The van der Waals surface area contributed by atoms with Gasteiger partial charge >= 0.3 is 5.97 Å². The summed E-state index contributed by atoms with van der Waals surface area (Å²) >= 11 is 6.99. The van der Waals surface area contributed by atoms with E-state index in [0.717, 1.165) is 22.0 Å². The number of nitrogens with zero attached hydrogens (tertiary/aromatic N) is 1. The maximum Gasteiger partial charge on any atom is 0.306 e. The van der Waals surface area contributed by atoms with Crippen LogP contribution in [0.2, 0.25) is 0 Å². The molecule has 2 aromatic carbocycles. The van der Waals surface area contributed by atoms with Crippen LogP contribution < -0.4 is 0 Å². The summed E-state index contributed by atoms with van der Waals surface area (Å²) in [5.74, 6) is -0.879. The van der Waals surface area contributed by atoms with Crippen LogP contribution in [0.4, 0.5) is 0 Å². The van der Waals surface area contributed by atoms with Crippen LogP contribution in [0.3, 0.4) is 0 Å². The Bertz CT molecular complexity index is 647. The lowest BCUT2D eigenvalue weighted by molar-refractivity contribution is -0.143. The molecule has 0 aliphatic carbocycles. The molecule has 0 aromatic heterocycles. The van der Waals surface area contributed by atoms with E-state index in [-0.39, 0.29) is 12.0 Å². The Morgan fingerprint density at radius 3 is 1.71 bits per heavy atom. The van der Waals surface area contributed by atoms with Crippen molar-refractivity contribution in [3.63, 3.8) is 0 Å². The van der Waals surface area contributed by atoms with E-state index in [1.807, 2.05) is 0 Å². The minimum Gasteiger partial charge on any atom is -0.481 e. The van der Waals surface area contributed by atoms with Crippen LogP contribution in [-0.2, 0) is 4.79 Å². The van der Waals surface area contributed by atoms with Crippen molar-refractivity contribution in [2.75, 3.05) is 13.1 Å². The highest BCUT2D eigenvalue weighted by Gasteiger charge is 2.30. The van der Waals surface area contributed by atoms with Gasteiger partial charge < -0.3 is 5.11 Å². The van der Waals surface area contributed by atoms with Gasteiger partial charge in [-0.2, -0.15) is 0 Å². The minimum absolute atomic E-state index is 0.154. The molecule has 1 fully saturated rings. The fourth-order valence-corrected chi connectivity index (χ4v) is 3.84. The van der Waals surface area contributed by atoms with Crippen molar-refractivity contribution in [2.24, 2.45) is 5.92 Å². The van der Waals surface area contributed by atoms with Crippen LogP contribution >= 0.6 is 31.9 Å². The van der Waals surface area contributed by atoms with Gasteiger partial charge in [-0.25, -0.2) is 0 Å². The van der Waals surface area contributed by atoms with E-state index < -0.39 is 5.97 Å². The second-order valence-corrected chi connectivity index (χ2v) is 7.99. The number of hydrogen-bond acceptors (Lipinski definition) is 2. The fraction of sp³-hybridized carbons (Fsp3) is 0.316. The molecule has 1 heterocycles. The Morgan fingerprint density at radius 1 is 0.917 bits per heavy atom. The molecule has 3 rings (SSSR count). The van der Waals surface area contributed by atoms with Gasteiger partial charge in [-0.15, -0.1) is 0 Å². The molecule has 0 saturated carbocycles. The van der Waals surface area contributed by atoms with E-state index in [2.05, 4.69) is 85.3 Å². The summed E-state index contributed by atoms with van der Waals surface area (Å²) in [6, 6.07) is 17.0. The Morgan fingerprint density at radius 2 is 1.33 bits per heavy atom. The van der Waals surface area contributed by atoms with E-state index >= 15 is 0 Å². The number of carboxylic acid groups (broad SMARTS) is 1. The van der Waals surface area contributed by atoms with Gasteiger partial charge in [-0.05, 0) is 61.3 Å². The number of rotatable bonds is 4. The molecule has 5 heteroatoms. The van der Waals surface area contributed by atoms with E-state index in [1.165, 1.54) is 11.1 Å². The van der Waals surface area contributed by atoms with E-state index in [1.54, 1.807) is 0 Å². The van der Waals surface area contributed by atoms with Gasteiger partial charge in [-0.3, -0.25) is 9.69 Å². The molecule has 3 nitrogen and oxygen atoms in total. The lowest BCUT2D eigenvalue weighted by Crippen LogP contribution is -2.39. The van der Waals surface area contributed by atoms with Crippen molar-refractivity contribution >= 4 is 37.8 Å². The van der Waals surface area contributed by atoms with Crippen LogP contribution in [-0.4, -0.2) is 29.1 Å². The van der Waals surface area contributed by atoms with Crippen molar-refractivity contribution in [1.29, 1.82) is 0 Å². The highest BCUT2D eigenvalue weighted by molar-refractivity contribution is 9.10. The van der Waals surface area contributed by atoms with Crippen LogP contribution in [0.1, 0.15) is 30.0 Å². The van der Waals surface area contributed by atoms with E-state index in [9.17, 15) is 9.90 Å². The third-order valence-electron chi connectivity index (χ3n) is 4.62. The highest BCUT2D eigenvalue weighted by Crippen LogP contribution is 2.33. The molecule has 1 saturated heterocycles. The number of benzene rings is 2. The predicted octanol–water partition coefficient (Wildman–Crippen LogP) is 5.10. The van der Waals surface area contributed by atoms with Crippen LogP contribution in [0.15, 0.2) is 57.5 Å². The topological polar surface area (TPSA) is 40.5 Å². The van der Waals surface area contributed by atoms with E-state index in [0.29, 0.717) is 12.8 Å². The van der Waals surface area contributed by atoms with Gasteiger partial charge in [-0.1, -0.05) is 56.1 Å². The van der Waals surface area contributed by atoms with Crippen molar-refractivity contribution < 1.29 is 9.90 Å². The number of hydrogen-bond donors (Lipinski definition) is 1. The zero-order valence-electron chi connectivity index (χ0n) is 13.2. The molecule has 0 bridgehead atoms. The summed E-state index contributed by atoms with van der Waals surface area (Å²) in [6.45, 7) is 1.60. The fourth-order valence-electron chi connectivity index (χ4n) is 3.31.